The van der Waals surface area contributed by atoms with Gasteiger partial charge in [0.05, 0.1) is 0 Å². The van der Waals surface area contributed by atoms with Crippen molar-refractivity contribution in [1.82, 2.24) is 0 Å². The van der Waals surface area contributed by atoms with Crippen molar-refractivity contribution in [2.24, 2.45) is 0 Å². The van der Waals surface area contributed by atoms with Crippen molar-refractivity contribution < 1.29 is 43.1 Å². The average molecular weight is 219 g/mol. The summed E-state index contributed by atoms with van der Waals surface area (Å²) in [6.45, 7) is 9.00. The molecule has 0 saturated heterocycles. The Balaban J connectivity index is -0.00000000114. The van der Waals surface area contributed by atoms with Gasteiger partial charge in [-0.05, 0) is 0 Å². The second kappa shape index (κ2) is 3620. The molecule has 0 amide bonds. The maximum absolute atomic E-state index is 7.50. The van der Waals surface area contributed by atoms with Gasteiger partial charge in [0.15, 0.2) is 0 Å². The molecule has 0 aliphatic carbocycles. The van der Waals surface area contributed by atoms with E-state index < -0.39 is 0 Å². The van der Waals surface area contributed by atoms with Gasteiger partial charge in [0.25, 0.3) is 0 Å². The van der Waals surface area contributed by atoms with Crippen LogP contribution in [-0.2, 0) is 43.1 Å². The van der Waals surface area contributed by atoms with Crippen LogP contribution in [0, 0.1) is 22.3 Å². The molecule has 4 heteroatoms. The van der Waals surface area contributed by atoms with Crippen molar-refractivity contribution in [3.05, 3.63) is 22.3 Å². The van der Waals surface area contributed by atoms with Crippen molar-refractivity contribution in [2.75, 3.05) is 0 Å². The number of rotatable bonds is 0. The summed E-state index contributed by atoms with van der Waals surface area (Å²) in [6.07, 6.45) is 0. The second-order valence-corrected chi connectivity index (χ2v) is 0. The first-order chi connectivity index (χ1) is 2.00. The average Bonchev–Trinajstić information content (AvgIpc) is 1.50. The first kappa shape index (κ1) is 118. The fraction of sp³-hybridized carbons (Fsp3) is 0. The van der Waals surface area contributed by atoms with Crippen LogP contribution in [0.4, 0.5) is 0 Å². The largest absolute Gasteiger partial charge is 3.00 e. The van der Waals surface area contributed by atoms with Gasteiger partial charge in [-0.25, -0.2) is 0 Å². The van der Waals surface area contributed by atoms with Crippen LogP contribution in [0.15, 0.2) is 0 Å². The van der Waals surface area contributed by atoms with E-state index in [1.807, 2.05) is 0 Å². The normalized spacial score (nSPS) is 0.889. The van der Waals surface area contributed by atoms with E-state index in [4.69, 9.17) is 9.59 Å². The molecule has 0 spiro atoms. The Bertz CT molecular complexity index is 14.9. The van der Waals surface area contributed by atoms with Crippen LogP contribution >= 0.6 is 0 Å². The van der Waals surface area contributed by atoms with Crippen LogP contribution in [0.2, 0.25) is 0 Å². The maximum atomic E-state index is 7.50. The standard InChI is InChI=1S/2CO.3CH3.2Co/c2*1-2;;;;;/h;;3*1H3;;/q5*-1;+2;+3. The summed E-state index contributed by atoms with van der Waals surface area (Å²) in [5, 5.41) is 0. The minimum atomic E-state index is 0. The third-order valence-electron chi connectivity index (χ3n) is 0. The Morgan fingerprint density at radius 3 is 0.667 bits per heavy atom. The molecule has 59 valence electrons. The molecule has 0 heterocycles. The molecule has 0 aliphatic rings. The summed E-state index contributed by atoms with van der Waals surface area (Å²) in [6, 6.07) is 0. The summed E-state index contributed by atoms with van der Waals surface area (Å²) in [7, 11) is 0. The van der Waals surface area contributed by atoms with E-state index in [1.54, 1.807) is 0 Å². The van der Waals surface area contributed by atoms with Crippen LogP contribution in [0.25, 0.3) is 0 Å². The van der Waals surface area contributed by atoms with E-state index in [9.17, 15) is 0 Å². The molecule has 0 N–H and O–H groups in total. The zero-order chi connectivity index (χ0) is 4.00. The van der Waals surface area contributed by atoms with E-state index >= 15 is 0 Å². The van der Waals surface area contributed by atoms with E-state index in [0.717, 1.165) is 0 Å². The minimum Gasteiger partial charge on any atom is -0.573 e. The van der Waals surface area contributed by atoms with Gasteiger partial charge in [0, 0.05) is 0 Å². The number of carbonyl (C=O) groups excluding carboxylic acids is 2. The molecule has 3 radical (unpaired) electrons. The Morgan fingerprint density at radius 2 is 0.667 bits per heavy atom. The Hall–Kier alpha value is 0.353. The molecule has 0 bridgehead atoms. The molecule has 0 fully saturated rings. The zero-order valence-electron chi connectivity index (χ0n) is 5.48. The van der Waals surface area contributed by atoms with Crippen LogP contribution in [0.1, 0.15) is 0 Å². The van der Waals surface area contributed by atoms with E-state index in [1.165, 1.54) is 0 Å². The van der Waals surface area contributed by atoms with Gasteiger partial charge < -0.3 is 45.4 Å². The van der Waals surface area contributed by atoms with Gasteiger partial charge in [0.1, 0.15) is 0 Å². The molecular weight excluding hydrogens is 210 g/mol. The predicted octanol–water partition coefficient (Wildman–Crippen LogP) is 0.552. The summed E-state index contributed by atoms with van der Waals surface area (Å²) >= 11 is 0. The third kappa shape index (κ3) is 2710. The van der Waals surface area contributed by atoms with Crippen LogP contribution in [-0.4, -0.2) is 13.6 Å². The molecule has 0 aliphatic heterocycles. The summed E-state index contributed by atoms with van der Waals surface area (Å²) < 4.78 is 0. The smallest absolute Gasteiger partial charge is 0.573 e. The fourth-order valence-electron chi connectivity index (χ4n) is 0. The molecule has 0 rings (SSSR count). The van der Waals surface area contributed by atoms with Gasteiger partial charge in [-0.2, -0.15) is 0 Å². The molecule has 9 heavy (non-hydrogen) atoms. The second-order valence-electron chi connectivity index (χ2n) is 0. The van der Waals surface area contributed by atoms with Crippen molar-refractivity contribution in [3.8, 4) is 0 Å². The van der Waals surface area contributed by atoms with Gasteiger partial charge in [0.2, 0.25) is 0 Å². The first-order valence-corrected chi connectivity index (χ1v) is 0.408. The van der Waals surface area contributed by atoms with Gasteiger partial charge in [-0.15, -0.1) is 0 Å². The number of hydrogen-bond acceptors (Lipinski definition) is 2. The van der Waals surface area contributed by atoms with Crippen LogP contribution in [0.5, 0.6) is 0 Å². The minimum absolute atomic E-state index is 0. The van der Waals surface area contributed by atoms with E-state index in [2.05, 4.69) is 13.6 Å². The molecule has 0 unspecified atom stereocenters. The SMILES string of the molecule is [C-]=O.[C-]=O.[CH3-].[CH3-].[CH3-].[Co+2].[Co+3]. The first-order valence-electron chi connectivity index (χ1n) is 0.408. The van der Waals surface area contributed by atoms with Crippen molar-refractivity contribution in [3.63, 3.8) is 0 Å². The molecule has 0 atom stereocenters. The van der Waals surface area contributed by atoms with Crippen LogP contribution in [0.3, 0.4) is 0 Å². The monoisotopic (exact) mass is 219 g/mol. The Labute approximate surface area is 79.2 Å². The summed E-state index contributed by atoms with van der Waals surface area (Å²) in [5.41, 5.74) is 0. The molecule has 0 saturated carbocycles. The molecule has 0 aromatic heterocycles. The third-order valence-corrected chi connectivity index (χ3v) is 0. The van der Waals surface area contributed by atoms with Crippen molar-refractivity contribution >= 4 is 13.6 Å². The zero-order valence-corrected chi connectivity index (χ0v) is 7.57. The van der Waals surface area contributed by atoms with Crippen molar-refractivity contribution in [2.45, 2.75) is 0 Å². The van der Waals surface area contributed by atoms with Crippen molar-refractivity contribution in [1.29, 1.82) is 0 Å². The fourth-order valence-corrected chi connectivity index (χ4v) is 0. The molecule has 0 aromatic rings. The van der Waals surface area contributed by atoms with Gasteiger partial charge >= 0.3 is 33.6 Å². The molecular formula is C5H9Co2O2. The predicted molar refractivity (Wildman–Crippen MR) is 30.6 cm³/mol. The van der Waals surface area contributed by atoms with E-state index in [0.29, 0.717) is 0 Å². The summed E-state index contributed by atoms with van der Waals surface area (Å²) in [4.78, 5) is 15.0. The van der Waals surface area contributed by atoms with E-state index in [-0.39, 0.29) is 55.8 Å². The molecule has 0 aromatic carbocycles. The molecule has 2 nitrogen and oxygen atoms in total. The topological polar surface area (TPSA) is 34.1 Å². The van der Waals surface area contributed by atoms with Crippen LogP contribution < -0.4 is 0 Å². The number of hydrogen-bond donors (Lipinski definition) is 0. The Morgan fingerprint density at radius 1 is 0.667 bits per heavy atom. The Kier molecular flexibility index (Phi) is 47500. The summed E-state index contributed by atoms with van der Waals surface area (Å²) in [5.74, 6) is 0. The quantitative estimate of drug-likeness (QED) is 0.557. The van der Waals surface area contributed by atoms with Gasteiger partial charge in [-0.1, -0.05) is 0 Å². The maximum Gasteiger partial charge on any atom is 3.00 e. The van der Waals surface area contributed by atoms with Gasteiger partial charge in [-0.3, -0.25) is 0 Å².